The second kappa shape index (κ2) is 14.4. The third kappa shape index (κ3) is 6.34. The van der Waals surface area contributed by atoms with Crippen LogP contribution in [0.1, 0.15) is 0 Å². The summed E-state index contributed by atoms with van der Waals surface area (Å²) in [7, 11) is 0. The van der Waals surface area contributed by atoms with Crippen LogP contribution in [-0.2, 0) is 0 Å². The zero-order valence-corrected chi connectivity index (χ0v) is 30.7. The van der Waals surface area contributed by atoms with Crippen LogP contribution in [0, 0.1) is 0 Å². The number of nitrogens with zero attached hydrogens (tertiary/aromatic N) is 2. The van der Waals surface area contributed by atoms with E-state index in [1.54, 1.807) is 0 Å². The Morgan fingerprint density at radius 3 is 1.29 bits per heavy atom. The molecule has 2 heteroatoms. The molecule has 56 heavy (non-hydrogen) atoms. The fourth-order valence-corrected chi connectivity index (χ4v) is 7.88. The molecule has 0 aliphatic rings. The van der Waals surface area contributed by atoms with Gasteiger partial charge >= 0.3 is 0 Å². The maximum absolute atomic E-state index is 5.20. The van der Waals surface area contributed by atoms with Crippen molar-refractivity contribution in [1.82, 2.24) is 9.97 Å². The van der Waals surface area contributed by atoms with Crippen molar-refractivity contribution >= 4 is 21.7 Å². The largest absolute Gasteiger partial charge is 0.248 e. The van der Waals surface area contributed by atoms with Crippen LogP contribution in [0.4, 0.5) is 0 Å². The minimum Gasteiger partial charge on any atom is -0.248 e. The molecule has 8 aromatic carbocycles. The zero-order valence-electron chi connectivity index (χ0n) is 30.7. The van der Waals surface area contributed by atoms with Gasteiger partial charge in [-0.1, -0.05) is 188 Å². The molecule has 0 N–H and O–H groups in total. The first-order valence-electron chi connectivity index (χ1n) is 19.1. The Hall–Kier alpha value is -7.42. The summed E-state index contributed by atoms with van der Waals surface area (Å²) in [6, 6.07) is 77.5. The second-order valence-corrected chi connectivity index (χ2v) is 14.2. The summed E-state index contributed by atoms with van der Waals surface area (Å²) < 4.78 is 0. The topological polar surface area (TPSA) is 25.8 Å². The monoisotopic (exact) mass is 712 g/mol. The van der Waals surface area contributed by atoms with E-state index < -0.39 is 0 Å². The Kier molecular flexibility index (Phi) is 8.55. The van der Waals surface area contributed by atoms with Crippen molar-refractivity contribution in [2.24, 2.45) is 0 Å². The fourth-order valence-electron chi connectivity index (χ4n) is 7.88. The second-order valence-electron chi connectivity index (χ2n) is 14.2. The number of pyridine rings is 2. The van der Waals surface area contributed by atoms with Gasteiger partial charge < -0.3 is 0 Å². The lowest BCUT2D eigenvalue weighted by atomic mass is 9.91. The van der Waals surface area contributed by atoms with Crippen molar-refractivity contribution in [3.05, 3.63) is 218 Å². The van der Waals surface area contributed by atoms with Crippen molar-refractivity contribution < 1.29 is 0 Å². The number of benzene rings is 8. The normalized spacial score (nSPS) is 11.2. The molecule has 0 spiro atoms. The molecule has 0 bridgehead atoms. The molecule has 2 aromatic heterocycles. The lowest BCUT2D eigenvalue weighted by molar-refractivity contribution is 1.32. The molecule has 0 radical (unpaired) electrons. The van der Waals surface area contributed by atoms with E-state index in [-0.39, 0.29) is 0 Å². The van der Waals surface area contributed by atoms with Crippen molar-refractivity contribution in [2.75, 3.05) is 0 Å². The molecule has 0 aliphatic carbocycles. The molecule has 0 amide bonds. The number of rotatable bonds is 7. The highest BCUT2D eigenvalue weighted by Gasteiger charge is 2.15. The number of hydrogen-bond donors (Lipinski definition) is 0. The molecule has 0 aliphatic heterocycles. The van der Waals surface area contributed by atoms with Crippen LogP contribution in [0.5, 0.6) is 0 Å². The van der Waals surface area contributed by atoms with Crippen molar-refractivity contribution in [3.63, 3.8) is 0 Å². The average Bonchev–Trinajstić information content (AvgIpc) is 3.29. The van der Waals surface area contributed by atoms with E-state index in [0.717, 1.165) is 50.4 Å². The molecule has 0 saturated carbocycles. The molecule has 0 saturated heterocycles. The molecular weight excluding hydrogens is 677 g/mol. The Balaban J connectivity index is 1.03. The quantitative estimate of drug-likeness (QED) is 0.154. The van der Waals surface area contributed by atoms with Gasteiger partial charge in [-0.25, -0.2) is 9.97 Å². The smallest absolute Gasteiger partial charge is 0.0722 e. The molecular formula is C54H36N2. The Morgan fingerprint density at radius 1 is 0.232 bits per heavy atom. The van der Waals surface area contributed by atoms with Gasteiger partial charge in [0, 0.05) is 22.1 Å². The minimum absolute atomic E-state index is 0.961. The van der Waals surface area contributed by atoms with Crippen LogP contribution in [0.25, 0.3) is 100.0 Å². The van der Waals surface area contributed by atoms with Crippen LogP contribution < -0.4 is 0 Å². The first-order valence-corrected chi connectivity index (χ1v) is 19.1. The molecule has 0 fully saturated rings. The lowest BCUT2D eigenvalue weighted by Gasteiger charge is -2.15. The summed E-state index contributed by atoms with van der Waals surface area (Å²) in [4.78, 5) is 10.3. The summed E-state index contributed by atoms with van der Waals surface area (Å²) in [6.07, 6.45) is 0. The Morgan fingerprint density at radius 2 is 0.696 bits per heavy atom. The summed E-state index contributed by atoms with van der Waals surface area (Å²) in [5, 5.41) is 3.58. The standard InChI is InChI=1S/C54H36N2/c1-5-15-38(16-6-1)49-36-53(42-21-11-4-12-22-42)55-50-32-31-47-46(25-14-26-48(47)54(49)50)39-29-27-37(28-30-39)43-23-13-24-44(33-43)45-34-51(40-17-7-2-8-18-40)56-52(35-45)41-19-9-3-10-20-41/h1-36H. The molecule has 0 atom stereocenters. The van der Waals surface area contributed by atoms with Crippen LogP contribution in [0.2, 0.25) is 0 Å². The highest BCUT2D eigenvalue weighted by Crippen LogP contribution is 2.40. The lowest BCUT2D eigenvalue weighted by Crippen LogP contribution is -1.92. The van der Waals surface area contributed by atoms with Crippen LogP contribution in [0.15, 0.2) is 218 Å². The third-order valence-electron chi connectivity index (χ3n) is 10.7. The van der Waals surface area contributed by atoms with Crippen LogP contribution in [0.3, 0.4) is 0 Å². The van der Waals surface area contributed by atoms with E-state index >= 15 is 0 Å². The van der Waals surface area contributed by atoms with E-state index in [9.17, 15) is 0 Å². The first kappa shape index (κ1) is 33.2. The van der Waals surface area contributed by atoms with Gasteiger partial charge in [0.15, 0.2) is 0 Å². The van der Waals surface area contributed by atoms with E-state index in [4.69, 9.17) is 9.97 Å². The maximum Gasteiger partial charge on any atom is 0.0722 e. The molecule has 0 unspecified atom stereocenters. The van der Waals surface area contributed by atoms with Gasteiger partial charge in [-0.3, -0.25) is 0 Å². The SMILES string of the molecule is c1ccc(-c2cc(-c3cccc(-c4ccc(-c5cccc6c5ccc5nc(-c7ccccc7)cc(-c7ccccc7)c56)cc4)c3)cc(-c3ccccc3)n2)cc1. The highest BCUT2D eigenvalue weighted by atomic mass is 14.7. The van der Waals surface area contributed by atoms with Gasteiger partial charge in [0.05, 0.1) is 22.6 Å². The summed E-state index contributed by atoms with van der Waals surface area (Å²) in [5.74, 6) is 0. The van der Waals surface area contributed by atoms with Gasteiger partial charge in [-0.05, 0) is 85.6 Å². The van der Waals surface area contributed by atoms with Gasteiger partial charge in [-0.2, -0.15) is 0 Å². The van der Waals surface area contributed by atoms with E-state index in [1.807, 2.05) is 18.2 Å². The first-order chi connectivity index (χ1) is 27.7. The number of fused-ring (bicyclic) bond motifs is 3. The van der Waals surface area contributed by atoms with Crippen molar-refractivity contribution in [3.8, 4) is 78.3 Å². The van der Waals surface area contributed by atoms with Gasteiger partial charge in [0.1, 0.15) is 0 Å². The van der Waals surface area contributed by atoms with E-state index in [2.05, 4.69) is 200 Å². The van der Waals surface area contributed by atoms with Gasteiger partial charge in [0.2, 0.25) is 0 Å². The van der Waals surface area contributed by atoms with Gasteiger partial charge in [-0.15, -0.1) is 0 Å². The van der Waals surface area contributed by atoms with Crippen molar-refractivity contribution in [1.29, 1.82) is 0 Å². The van der Waals surface area contributed by atoms with Crippen LogP contribution >= 0.6 is 0 Å². The van der Waals surface area contributed by atoms with E-state index in [0.29, 0.717) is 0 Å². The molecule has 10 aromatic rings. The zero-order chi connectivity index (χ0) is 37.3. The fraction of sp³-hybridized carbons (Fsp3) is 0. The summed E-state index contributed by atoms with van der Waals surface area (Å²) in [6.45, 7) is 0. The molecule has 2 heterocycles. The maximum atomic E-state index is 5.20. The minimum atomic E-state index is 0.961. The highest BCUT2D eigenvalue weighted by molar-refractivity contribution is 6.17. The molecule has 2 nitrogen and oxygen atoms in total. The predicted molar refractivity (Wildman–Crippen MR) is 235 cm³/mol. The average molecular weight is 713 g/mol. The number of hydrogen-bond acceptors (Lipinski definition) is 2. The Labute approximate surface area is 327 Å². The number of aromatic nitrogens is 2. The molecule has 10 rings (SSSR count). The van der Waals surface area contributed by atoms with Gasteiger partial charge in [0.25, 0.3) is 0 Å². The van der Waals surface area contributed by atoms with Crippen molar-refractivity contribution in [2.45, 2.75) is 0 Å². The predicted octanol–water partition coefficient (Wildman–Crippen LogP) is 14.5. The summed E-state index contributed by atoms with van der Waals surface area (Å²) >= 11 is 0. The van der Waals surface area contributed by atoms with E-state index in [1.165, 1.54) is 49.5 Å². The van der Waals surface area contributed by atoms with Crippen LogP contribution in [-0.4, -0.2) is 9.97 Å². The Bertz CT molecular complexity index is 2920. The summed E-state index contributed by atoms with van der Waals surface area (Å²) in [5.41, 5.74) is 16.6. The third-order valence-corrected chi connectivity index (χ3v) is 10.7. The molecule has 262 valence electrons.